The Balaban J connectivity index is 0.000000502. The normalized spacial score (nSPS) is 14.5. The number of aromatic nitrogens is 1. The van der Waals surface area contributed by atoms with Gasteiger partial charge in [0.05, 0.1) is 24.3 Å². The average Bonchev–Trinajstić information content (AvgIpc) is 3.38. The predicted molar refractivity (Wildman–Crippen MR) is 148 cm³/mol. The molecular weight excluding hydrogens is 598 g/mol. The molecule has 1 unspecified atom stereocenters. The number of aromatic amines is 1. The molecule has 0 spiro atoms. The first-order valence-corrected chi connectivity index (χ1v) is 13.5. The first kappa shape index (κ1) is 34.2. The molecule has 0 saturated carbocycles. The summed E-state index contributed by atoms with van der Waals surface area (Å²) in [6.07, 6.45) is -8.10. The smallest absolute Gasteiger partial charge is 0.416 e. The molecule has 1 aliphatic rings. The Morgan fingerprint density at radius 1 is 1.02 bits per heavy atom. The molecule has 1 saturated heterocycles. The van der Waals surface area contributed by atoms with Crippen LogP contribution in [-0.4, -0.2) is 77.2 Å². The maximum Gasteiger partial charge on any atom is 0.416 e. The van der Waals surface area contributed by atoms with Gasteiger partial charge in [-0.1, -0.05) is 18.2 Å². The number of primary amides is 1. The number of urea groups is 1. The lowest BCUT2D eigenvalue weighted by atomic mass is 9.97. The highest BCUT2D eigenvalue weighted by Crippen LogP contribution is 2.37. The first-order valence-electron chi connectivity index (χ1n) is 13.5. The number of nitrogens with one attached hydrogen (secondary N) is 1. The summed E-state index contributed by atoms with van der Waals surface area (Å²) in [5, 5.41) is 9.81. The summed E-state index contributed by atoms with van der Waals surface area (Å²) < 4.78 is 84.5. The highest BCUT2D eigenvalue weighted by atomic mass is 19.4. The fraction of sp³-hybridized carbons (Fsp3) is 0.414. The molecule has 240 valence electrons. The number of fused-ring (bicyclic) bond motifs is 1. The fourth-order valence-electron chi connectivity index (χ4n) is 4.71. The molecule has 1 aromatic heterocycles. The largest absolute Gasteiger partial charge is 0.481 e. The number of halogens is 6. The monoisotopic (exact) mass is 630 g/mol. The molecule has 4 rings (SSSR count). The number of para-hydroxylation sites is 1. The molecule has 1 atom stereocenters. The Labute approximate surface area is 248 Å². The summed E-state index contributed by atoms with van der Waals surface area (Å²) in [6.45, 7) is 2.50. The second-order valence-electron chi connectivity index (χ2n) is 10.2. The zero-order valence-corrected chi connectivity index (χ0v) is 23.7. The Bertz CT molecular complexity index is 1420. The standard InChI is InChI=1S/C24H22F6N2O3.C5H10N2O2/c1-32(22(35)14-9-16(23(25,26)27)12-17(10-14)24(28,29)30)18(5-4-8-21(33)34)11-15-13-31-20-7-3-2-6-19(15)20;6-5(8)7-1-3-9-4-2-7/h2-3,6-7,9-10,12-13,18,31H,4-5,8,11H2,1H3,(H,33,34);1-4H2,(H2,6,8). The third-order valence-electron chi connectivity index (χ3n) is 7.08. The summed E-state index contributed by atoms with van der Waals surface area (Å²) in [6, 6.07) is 7.01. The van der Waals surface area contributed by atoms with Crippen molar-refractivity contribution in [3.8, 4) is 0 Å². The van der Waals surface area contributed by atoms with Crippen LogP contribution in [-0.2, 0) is 28.3 Å². The zero-order valence-electron chi connectivity index (χ0n) is 23.7. The molecule has 15 heteroatoms. The molecule has 4 N–H and O–H groups in total. The minimum Gasteiger partial charge on any atom is -0.481 e. The predicted octanol–water partition coefficient (Wildman–Crippen LogP) is 5.54. The molecule has 1 aliphatic heterocycles. The van der Waals surface area contributed by atoms with Crippen molar-refractivity contribution in [1.82, 2.24) is 14.8 Å². The fourth-order valence-corrected chi connectivity index (χ4v) is 4.71. The highest BCUT2D eigenvalue weighted by Gasteiger charge is 2.38. The minimum absolute atomic E-state index is 0.0347. The number of amides is 3. The van der Waals surface area contributed by atoms with Gasteiger partial charge in [-0.15, -0.1) is 0 Å². The van der Waals surface area contributed by atoms with Crippen molar-refractivity contribution in [3.05, 3.63) is 70.9 Å². The van der Waals surface area contributed by atoms with Gasteiger partial charge in [0.1, 0.15) is 0 Å². The molecule has 0 bridgehead atoms. The lowest BCUT2D eigenvalue weighted by Gasteiger charge is -2.29. The minimum atomic E-state index is -5.08. The summed E-state index contributed by atoms with van der Waals surface area (Å²) in [4.78, 5) is 40.2. The van der Waals surface area contributed by atoms with Gasteiger partial charge in [-0.3, -0.25) is 9.59 Å². The van der Waals surface area contributed by atoms with Gasteiger partial charge in [-0.2, -0.15) is 26.3 Å². The first-order chi connectivity index (χ1) is 20.6. The van der Waals surface area contributed by atoms with Crippen LogP contribution in [0.1, 0.15) is 46.3 Å². The van der Waals surface area contributed by atoms with Gasteiger partial charge in [0.2, 0.25) is 0 Å². The number of carbonyl (C=O) groups excluding carboxylic acids is 2. The van der Waals surface area contributed by atoms with E-state index in [0.717, 1.165) is 21.4 Å². The Hall–Kier alpha value is -4.27. The molecule has 3 aromatic rings. The van der Waals surface area contributed by atoms with Gasteiger partial charge >= 0.3 is 24.4 Å². The van der Waals surface area contributed by atoms with Crippen LogP contribution in [0.15, 0.2) is 48.7 Å². The van der Waals surface area contributed by atoms with E-state index in [4.69, 9.17) is 15.6 Å². The summed E-state index contributed by atoms with van der Waals surface area (Å²) >= 11 is 0. The van der Waals surface area contributed by atoms with Crippen LogP contribution in [0.3, 0.4) is 0 Å². The van der Waals surface area contributed by atoms with Gasteiger partial charge in [0.15, 0.2) is 0 Å². The number of carboxylic acid groups (broad SMARTS) is 1. The molecule has 1 fully saturated rings. The van der Waals surface area contributed by atoms with Gasteiger partial charge in [-0.25, -0.2) is 4.79 Å². The molecule has 44 heavy (non-hydrogen) atoms. The molecular formula is C29H32F6N4O5. The van der Waals surface area contributed by atoms with Crippen molar-refractivity contribution in [3.63, 3.8) is 0 Å². The number of rotatable bonds is 8. The number of ether oxygens (including phenoxy) is 1. The summed E-state index contributed by atoms with van der Waals surface area (Å²) in [5.74, 6) is -2.08. The Morgan fingerprint density at radius 3 is 2.14 bits per heavy atom. The molecule has 2 aromatic carbocycles. The number of carbonyl (C=O) groups is 3. The van der Waals surface area contributed by atoms with E-state index in [9.17, 15) is 40.7 Å². The van der Waals surface area contributed by atoms with Gasteiger partial charge in [0, 0.05) is 55.3 Å². The number of alkyl halides is 6. The molecule has 0 radical (unpaired) electrons. The third kappa shape index (κ3) is 9.36. The Kier molecular flexibility index (Phi) is 11.3. The van der Waals surface area contributed by atoms with E-state index >= 15 is 0 Å². The van der Waals surface area contributed by atoms with Crippen molar-refractivity contribution in [1.29, 1.82) is 0 Å². The number of carboxylic acids is 1. The third-order valence-corrected chi connectivity index (χ3v) is 7.08. The maximum absolute atomic E-state index is 13.3. The van der Waals surface area contributed by atoms with Crippen LogP contribution in [0.5, 0.6) is 0 Å². The van der Waals surface area contributed by atoms with Crippen molar-refractivity contribution in [2.24, 2.45) is 5.73 Å². The maximum atomic E-state index is 13.3. The van der Waals surface area contributed by atoms with E-state index < -0.39 is 47.0 Å². The lowest BCUT2D eigenvalue weighted by Crippen LogP contribution is -2.43. The molecule has 2 heterocycles. The van der Waals surface area contributed by atoms with Crippen molar-refractivity contribution in [2.45, 2.75) is 44.1 Å². The summed E-state index contributed by atoms with van der Waals surface area (Å²) in [7, 11) is 1.29. The molecule has 0 aliphatic carbocycles. The van der Waals surface area contributed by atoms with Crippen molar-refractivity contribution >= 4 is 28.8 Å². The topological polar surface area (TPSA) is 129 Å². The SMILES string of the molecule is CN(C(=O)c1cc(C(F)(F)F)cc(C(F)(F)F)c1)C(CCCC(=O)O)Cc1c[nH]c2ccccc12.NC(=O)N1CCOCC1. The number of hydrogen-bond acceptors (Lipinski definition) is 4. The van der Waals surface area contributed by atoms with Crippen molar-refractivity contribution in [2.75, 3.05) is 33.4 Å². The number of morpholine rings is 1. The van der Waals surface area contributed by atoms with E-state index in [2.05, 4.69) is 4.98 Å². The quantitative estimate of drug-likeness (QED) is 0.282. The summed E-state index contributed by atoms with van der Waals surface area (Å²) in [5.41, 5.74) is 2.68. The number of aliphatic carboxylic acids is 1. The highest BCUT2D eigenvalue weighted by molar-refractivity contribution is 5.95. The average molecular weight is 631 g/mol. The van der Waals surface area contributed by atoms with E-state index in [-0.39, 0.29) is 37.8 Å². The second-order valence-corrected chi connectivity index (χ2v) is 10.2. The van der Waals surface area contributed by atoms with Crippen LogP contribution in [0, 0.1) is 0 Å². The van der Waals surface area contributed by atoms with Gasteiger partial charge in [0.25, 0.3) is 5.91 Å². The van der Waals surface area contributed by atoms with Crippen LogP contribution < -0.4 is 5.73 Å². The van der Waals surface area contributed by atoms with Gasteiger partial charge in [-0.05, 0) is 49.1 Å². The van der Waals surface area contributed by atoms with Crippen LogP contribution in [0.25, 0.3) is 10.9 Å². The number of benzene rings is 2. The van der Waals surface area contributed by atoms with Crippen LogP contribution in [0.4, 0.5) is 31.1 Å². The van der Waals surface area contributed by atoms with Crippen LogP contribution in [0.2, 0.25) is 0 Å². The van der Waals surface area contributed by atoms with E-state index in [1.807, 2.05) is 18.2 Å². The number of hydrogen-bond donors (Lipinski definition) is 3. The Morgan fingerprint density at radius 2 is 1.61 bits per heavy atom. The van der Waals surface area contributed by atoms with Crippen LogP contribution >= 0.6 is 0 Å². The molecule has 9 nitrogen and oxygen atoms in total. The lowest BCUT2D eigenvalue weighted by molar-refractivity contribution is -0.143. The van der Waals surface area contributed by atoms with E-state index in [0.29, 0.717) is 38.4 Å². The zero-order chi connectivity index (χ0) is 32.7. The van der Waals surface area contributed by atoms with Gasteiger partial charge < -0.3 is 30.4 Å². The second kappa shape index (κ2) is 14.5. The molecule has 3 amide bonds. The van der Waals surface area contributed by atoms with Crippen molar-refractivity contribution < 1.29 is 50.6 Å². The number of likely N-dealkylation sites (N-methyl/N-ethyl adjacent to an activating group) is 1. The number of nitrogens with two attached hydrogens (primary N) is 1. The number of nitrogens with zero attached hydrogens (tertiary/aromatic N) is 2. The number of H-pyrrole nitrogens is 1. The van der Waals surface area contributed by atoms with E-state index in [1.165, 1.54) is 7.05 Å². The van der Waals surface area contributed by atoms with E-state index in [1.54, 1.807) is 17.2 Å².